The van der Waals surface area contributed by atoms with Gasteiger partial charge in [-0.05, 0) is 54.5 Å². The number of thiophene rings is 1. The van der Waals surface area contributed by atoms with E-state index in [1.807, 2.05) is 6.92 Å². The minimum absolute atomic E-state index is 0.0265. The topological polar surface area (TPSA) is 89.7 Å². The Bertz CT molecular complexity index is 812. The van der Waals surface area contributed by atoms with Crippen LogP contribution in [0.4, 0.5) is 5.69 Å². The highest BCUT2D eigenvalue weighted by molar-refractivity contribution is 7.14. The second kappa shape index (κ2) is 6.60. The van der Waals surface area contributed by atoms with Gasteiger partial charge in [-0.3, -0.25) is 10.1 Å². The number of benzene rings is 1. The number of hydrogen-bond acceptors (Lipinski definition) is 5. The van der Waals surface area contributed by atoms with E-state index >= 15 is 0 Å². The summed E-state index contributed by atoms with van der Waals surface area (Å²) in [7, 11) is 0. The molecule has 0 amide bonds. The van der Waals surface area contributed by atoms with E-state index in [0.717, 1.165) is 52.2 Å². The Morgan fingerprint density at radius 2 is 2.04 bits per heavy atom. The summed E-state index contributed by atoms with van der Waals surface area (Å²) in [6.07, 6.45) is 3.40. The van der Waals surface area contributed by atoms with E-state index in [4.69, 9.17) is 4.74 Å². The third-order valence-corrected chi connectivity index (χ3v) is 5.31. The molecule has 0 radical (unpaired) electrons. The number of nitrogens with zero attached hydrogens (tertiary/aromatic N) is 1. The number of ether oxygens (including phenoxy) is 1. The SMILES string of the molecule is CCc1cc(COc2cc3c(cc2[N+](=O)[O-])CCC3)sc1C(=O)O. The lowest BCUT2D eigenvalue weighted by Crippen LogP contribution is -2.00. The summed E-state index contributed by atoms with van der Waals surface area (Å²) in [6.45, 7) is 2.02. The molecule has 1 aromatic carbocycles. The van der Waals surface area contributed by atoms with Crippen LogP contribution >= 0.6 is 11.3 Å². The van der Waals surface area contributed by atoms with E-state index in [0.29, 0.717) is 11.3 Å². The minimum atomic E-state index is -0.952. The second-order valence-electron chi connectivity index (χ2n) is 5.71. The monoisotopic (exact) mass is 347 g/mol. The molecule has 24 heavy (non-hydrogen) atoms. The Balaban J connectivity index is 1.84. The highest BCUT2D eigenvalue weighted by atomic mass is 32.1. The molecule has 0 bridgehead atoms. The summed E-state index contributed by atoms with van der Waals surface area (Å²) in [5.41, 5.74) is 2.85. The number of carbonyl (C=O) groups is 1. The lowest BCUT2D eigenvalue weighted by molar-refractivity contribution is -0.386. The Morgan fingerprint density at radius 3 is 2.62 bits per heavy atom. The van der Waals surface area contributed by atoms with Crippen LogP contribution in [-0.2, 0) is 25.9 Å². The zero-order valence-electron chi connectivity index (χ0n) is 13.2. The molecule has 1 aliphatic rings. The molecule has 7 heteroatoms. The van der Waals surface area contributed by atoms with E-state index in [2.05, 4.69) is 0 Å². The summed E-state index contributed by atoms with van der Waals surface area (Å²) < 4.78 is 5.68. The predicted octanol–water partition coefficient (Wildman–Crippen LogP) is 3.98. The van der Waals surface area contributed by atoms with Crippen molar-refractivity contribution in [3.63, 3.8) is 0 Å². The molecule has 0 fully saturated rings. The largest absolute Gasteiger partial charge is 0.481 e. The van der Waals surface area contributed by atoms with Crippen LogP contribution in [0.15, 0.2) is 18.2 Å². The molecule has 0 aliphatic heterocycles. The van der Waals surface area contributed by atoms with Gasteiger partial charge < -0.3 is 9.84 Å². The summed E-state index contributed by atoms with van der Waals surface area (Å²) in [5, 5.41) is 20.5. The quantitative estimate of drug-likeness (QED) is 0.630. The third kappa shape index (κ3) is 3.12. The van der Waals surface area contributed by atoms with Crippen LogP contribution in [0.5, 0.6) is 5.75 Å². The van der Waals surface area contributed by atoms with Crippen molar-refractivity contribution in [2.24, 2.45) is 0 Å². The third-order valence-electron chi connectivity index (χ3n) is 4.18. The van der Waals surface area contributed by atoms with E-state index in [1.165, 1.54) is 0 Å². The number of carboxylic acid groups (broad SMARTS) is 1. The van der Waals surface area contributed by atoms with Crippen molar-refractivity contribution >= 4 is 23.0 Å². The maximum atomic E-state index is 11.3. The van der Waals surface area contributed by atoms with Crippen molar-refractivity contribution in [1.82, 2.24) is 0 Å². The molecule has 3 rings (SSSR count). The molecule has 0 atom stereocenters. The first kappa shape index (κ1) is 16.4. The fraction of sp³-hybridized carbons (Fsp3) is 0.353. The molecular formula is C17H17NO5S. The molecule has 0 saturated carbocycles. The highest BCUT2D eigenvalue weighted by Gasteiger charge is 2.22. The summed E-state index contributed by atoms with van der Waals surface area (Å²) in [6, 6.07) is 5.16. The number of fused-ring (bicyclic) bond motifs is 1. The molecule has 1 aliphatic carbocycles. The van der Waals surface area contributed by atoms with Crippen molar-refractivity contribution in [1.29, 1.82) is 0 Å². The van der Waals surface area contributed by atoms with Crippen LogP contribution in [0.3, 0.4) is 0 Å². The van der Waals surface area contributed by atoms with Crippen LogP contribution in [-0.4, -0.2) is 16.0 Å². The average molecular weight is 347 g/mol. The first-order chi connectivity index (χ1) is 11.5. The second-order valence-corrected chi connectivity index (χ2v) is 6.85. The summed E-state index contributed by atoms with van der Waals surface area (Å²) in [5.74, 6) is -0.699. The number of hydrogen-bond donors (Lipinski definition) is 1. The van der Waals surface area contributed by atoms with Crippen LogP contribution in [0.1, 0.15) is 44.6 Å². The molecule has 2 aromatic rings. The van der Waals surface area contributed by atoms with Gasteiger partial charge in [-0.1, -0.05) is 6.92 Å². The molecule has 1 aromatic heterocycles. The van der Waals surface area contributed by atoms with Crippen LogP contribution in [0.2, 0.25) is 0 Å². The van der Waals surface area contributed by atoms with Crippen molar-refractivity contribution in [3.8, 4) is 5.75 Å². The van der Waals surface area contributed by atoms with Gasteiger partial charge >= 0.3 is 11.7 Å². The number of carboxylic acids is 1. The van der Waals surface area contributed by atoms with Gasteiger partial charge in [-0.15, -0.1) is 11.3 Å². The fourth-order valence-electron chi connectivity index (χ4n) is 3.00. The van der Waals surface area contributed by atoms with Gasteiger partial charge in [-0.25, -0.2) is 4.79 Å². The van der Waals surface area contributed by atoms with Gasteiger partial charge in [0.05, 0.1) is 4.92 Å². The van der Waals surface area contributed by atoms with Crippen LogP contribution in [0, 0.1) is 10.1 Å². The van der Waals surface area contributed by atoms with Crippen molar-refractivity contribution < 1.29 is 19.6 Å². The lowest BCUT2D eigenvalue weighted by atomic mass is 10.1. The number of nitro groups is 1. The minimum Gasteiger partial charge on any atom is -0.481 e. The van der Waals surface area contributed by atoms with Crippen LogP contribution in [0.25, 0.3) is 0 Å². The summed E-state index contributed by atoms with van der Waals surface area (Å²) >= 11 is 1.16. The maximum Gasteiger partial charge on any atom is 0.346 e. The van der Waals surface area contributed by atoms with Gasteiger partial charge in [0.25, 0.3) is 0 Å². The number of aryl methyl sites for hydroxylation is 3. The standard InChI is InChI=1S/C17H17NO5S/c1-2-10-6-13(24-16(10)17(19)20)9-23-15-8-12-5-3-4-11(12)7-14(15)18(21)22/h6-8H,2-5,9H2,1H3,(H,19,20). The van der Waals surface area contributed by atoms with Gasteiger partial charge in [0.15, 0.2) is 5.75 Å². The van der Waals surface area contributed by atoms with Gasteiger partial charge in [0.1, 0.15) is 11.5 Å². The van der Waals surface area contributed by atoms with E-state index < -0.39 is 10.9 Å². The van der Waals surface area contributed by atoms with Gasteiger partial charge in [-0.2, -0.15) is 0 Å². The maximum absolute atomic E-state index is 11.3. The smallest absolute Gasteiger partial charge is 0.346 e. The molecule has 0 spiro atoms. The molecule has 1 heterocycles. The number of nitro benzene ring substituents is 1. The molecule has 1 N–H and O–H groups in total. The Hall–Kier alpha value is -2.41. The molecule has 6 nitrogen and oxygen atoms in total. The molecular weight excluding hydrogens is 330 g/mol. The normalized spacial score (nSPS) is 12.9. The summed E-state index contributed by atoms with van der Waals surface area (Å²) in [4.78, 5) is 23.1. The Morgan fingerprint density at radius 1 is 1.33 bits per heavy atom. The molecule has 126 valence electrons. The van der Waals surface area contributed by atoms with E-state index in [1.54, 1.807) is 18.2 Å². The van der Waals surface area contributed by atoms with E-state index in [-0.39, 0.29) is 18.0 Å². The van der Waals surface area contributed by atoms with E-state index in [9.17, 15) is 20.0 Å². The Labute approximate surface area is 142 Å². The van der Waals surface area contributed by atoms with Crippen molar-refractivity contribution in [2.45, 2.75) is 39.2 Å². The fourth-order valence-corrected chi connectivity index (χ4v) is 4.00. The lowest BCUT2D eigenvalue weighted by Gasteiger charge is -2.08. The number of rotatable bonds is 6. The van der Waals surface area contributed by atoms with Gasteiger partial charge in [0, 0.05) is 10.9 Å². The van der Waals surface area contributed by atoms with Crippen molar-refractivity contribution in [2.75, 3.05) is 0 Å². The van der Waals surface area contributed by atoms with Crippen LogP contribution < -0.4 is 4.74 Å². The first-order valence-corrected chi connectivity index (χ1v) is 8.59. The first-order valence-electron chi connectivity index (χ1n) is 7.77. The van der Waals surface area contributed by atoms with Gasteiger partial charge in [0.2, 0.25) is 0 Å². The average Bonchev–Trinajstić information content (AvgIpc) is 3.17. The Kier molecular flexibility index (Phi) is 4.53. The predicted molar refractivity (Wildman–Crippen MR) is 90.1 cm³/mol. The zero-order valence-corrected chi connectivity index (χ0v) is 14.0. The molecule has 0 saturated heterocycles. The number of aromatic carboxylic acids is 1. The van der Waals surface area contributed by atoms with Crippen molar-refractivity contribution in [3.05, 3.63) is 54.8 Å². The zero-order chi connectivity index (χ0) is 17.3. The highest BCUT2D eigenvalue weighted by Crippen LogP contribution is 2.35. The molecule has 0 unspecified atom stereocenters.